The number of hydrogen-bond acceptors (Lipinski definition) is 3. The predicted octanol–water partition coefficient (Wildman–Crippen LogP) is 0.148. The van der Waals surface area contributed by atoms with Crippen molar-refractivity contribution < 1.29 is 14.3 Å². The largest absolute Gasteiger partial charge is 0.375 e. The summed E-state index contributed by atoms with van der Waals surface area (Å²) in [5.41, 5.74) is 0. The fourth-order valence-corrected chi connectivity index (χ4v) is 1.87. The number of ether oxygens (including phenoxy) is 1. The van der Waals surface area contributed by atoms with Crippen LogP contribution in [0.1, 0.15) is 26.7 Å². The second-order valence-corrected chi connectivity index (χ2v) is 4.26. The number of carbonyl (C=O) groups excluding carboxylic acids is 2. The standard InChI is InChI=1S/C11H20N2O3/c1-9(2)16-10-3-5-13(6-4-10)11(15)7-12-8-14/h8-10H,3-7H2,1-2H3,(H,12,14). The fraction of sp³-hybridized carbons (Fsp3) is 0.818. The van der Waals surface area contributed by atoms with Gasteiger partial charge < -0.3 is 15.0 Å². The summed E-state index contributed by atoms with van der Waals surface area (Å²) in [6.07, 6.45) is 2.81. The van der Waals surface area contributed by atoms with Crippen molar-refractivity contribution in [2.24, 2.45) is 0 Å². The maximum absolute atomic E-state index is 11.5. The maximum atomic E-state index is 11.5. The molecule has 16 heavy (non-hydrogen) atoms. The number of amides is 2. The molecule has 2 amide bonds. The van der Waals surface area contributed by atoms with Gasteiger partial charge in [-0.2, -0.15) is 0 Å². The lowest BCUT2D eigenvalue weighted by Crippen LogP contribution is -2.44. The monoisotopic (exact) mass is 228 g/mol. The number of likely N-dealkylation sites (tertiary alicyclic amines) is 1. The molecule has 0 unspecified atom stereocenters. The molecular formula is C11H20N2O3. The second kappa shape index (κ2) is 6.48. The third-order valence-electron chi connectivity index (χ3n) is 2.60. The number of piperidine rings is 1. The average Bonchev–Trinajstić information content (AvgIpc) is 2.26. The van der Waals surface area contributed by atoms with E-state index in [1.807, 2.05) is 13.8 Å². The highest BCUT2D eigenvalue weighted by Crippen LogP contribution is 2.15. The third kappa shape index (κ3) is 4.18. The quantitative estimate of drug-likeness (QED) is 0.681. The molecule has 0 atom stereocenters. The Kier molecular flexibility index (Phi) is 5.25. The van der Waals surface area contributed by atoms with Crippen molar-refractivity contribution in [3.8, 4) is 0 Å². The van der Waals surface area contributed by atoms with Gasteiger partial charge in [-0.25, -0.2) is 0 Å². The first kappa shape index (κ1) is 13.0. The summed E-state index contributed by atoms with van der Waals surface area (Å²) >= 11 is 0. The highest BCUT2D eigenvalue weighted by Gasteiger charge is 2.23. The van der Waals surface area contributed by atoms with Crippen LogP contribution in [-0.4, -0.2) is 49.1 Å². The normalized spacial score (nSPS) is 17.6. The highest BCUT2D eigenvalue weighted by molar-refractivity contribution is 5.80. The van der Waals surface area contributed by atoms with E-state index in [2.05, 4.69) is 5.32 Å². The minimum atomic E-state index is -0.0184. The van der Waals surface area contributed by atoms with Gasteiger partial charge in [0.2, 0.25) is 12.3 Å². The van der Waals surface area contributed by atoms with E-state index >= 15 is 0 Å². The van der Waals surface area contributed by atoms with E-state index in [0.717, 1.165) is 25.9 Å². The zero-order valence-electron chi connectivity index (χ0n) is 9.94. The Morgan fingerprint density at radius 3 is 2.62 bits per heavy atom. The van der Waals surface area contributed by atoms with E-state index in [-0.39, 0.29) is 24.7 Å². The summed E-state index contributed by atoms with van der Waals surface area (Å²) in [5.74, 6) is -0.0184. The van der Waals surface area contributed by atoms with Crippen molar-refractivity contribution in [1.29, 1.82) is 0 Å². The maximum Gasteiger partial charge on any atom is 0.241 e. The number of nitrogens with one attached hydrogen (secondary N) is 1. The van der Waals surface area contributed by atoms with Crippen molar-refractivity contribution in [2.45, 2.75) is 38.9 Å². The molecule has 5 nitrogen and oxygen atoms in total. The zero-order valence-corrected chi connectivity index (χ0v) is 9.94. The Balaban J connectivity index is 2.25. The number of hydrogen-bond donors (Lipinski definition) is 1. The van der Waals surface area contributed by atoms with Crippen molar-refractivity contribution in [2.75, 3.05) is 19.6 Å². The van der Waals surface area contributed by atoms with Crippen molar-refractivity contribution >= 4 is 12.3 Å². The molecule has 0 aromatic heterocycles. The summed E-state index contributed by atoms with van der Waals surface area (Å²) in [6.45, 7) is 5.57. The Labute approximate surface area is 96.1 Å². The lowest BCUT2D eigenvalue weighted by molar-refractivity contribution is -0.134. The van der Waals surface area contributed by atoms with E-state index in [0.29, 0.717) is 6.41 Å². The molecule has 1 saturated heterocycles. The molecule has 0 saturated carbocycles. The molecule has 1 aliphatic heterocycles. The van der Waals surface area contributed by atoms with E-state index in [1.54, 1.807) is 4.90 Å². The minimum Gasteiger partial charge on any atom is -0.375 e. The summed E-state index contributed by atoms with van der Waals surface area (Å²) in [4.78, 5) is 23.4. The first-order valence-electron chi connectivity index (χ1n) is 5.73. The molecule has 1 N–H and O–H groups in total. The van der Waals surface area contributed by atoms with Gasteiger partial charge in [-0.15, -0.1) is 0 Å². The third-order valence-corrected chi connectivity index (χ3v) is 2.60. The molecule has 1 aliphatic rings. The molecule has 0 bridgehead atoms. The van der Waals surface area contributed by atoms with E-state index in [4.69, 9.17) is 4.74 Å². The van der Waals surface area contributed by atoms with E-state index in [9.17, 15) is 9.59 Å². The summed E-state index contributed by atoms with van der Waals surface area (Å²) < 4.78 is 5.69. The van der Waals surface area contributed by atoms with Gasteiger partial charge in [0, 0.05) is 13.1 Å². The highest BCUT2D eigenvalue weighted by atomic mass is 16.5. The Hall–Kier alpha value is -1.10. The second-order valence-electron chi connectivity index (χ2n) is 4.26. The predicted molar refractivity (Wildman–Crippen MR) is 59.9 cm³/mol. The lowest BCUT2D eigenvalue weighted by atomic mass is 10.1. The molecular weight excluding hydrogens is 208 g/mol. The number of rotatable bonds is 5. The molecule has 1 heterocycles. The van der Waals surface area contributed by atoms with Crippen molar-refractivity contribution in [3.05, 3.63) is 0 Å². The van der Waals surface area contributed by atoms with Crippen LogP contribution >= 0.6 is 0 Å². The first-order chi connectivity index (χ1) is 7.63. The average molecular weight is 228 g/mol. The van der Waals surface area contributed by atoms with Gasteiger partial charge in [0.1, 0.15) is 0 Å². The zero-order chi connectivity index (χ0) is 12.0. The topological polar surface area (TPSA) is 58.6 Å². The summed E-state index contributed by atoms with van der Waals surface area (Å²) in [5, 5.41) is 2.39. The van der Waals surface area contributed by atoms with Crippen LogP contribution < -0.4 is 5.32 Å². The van der Waals surface area contributed by atoms with Crippen LogP contribution in [0, 0.1) is 0 Å². The van der Waals surface area contributed by atoms with Gasteiger partial charge in [-0.3, -0.25) is 9.59 Å². The van der Waals surface area contributed by atoms with Crippen LogP contribution in [0.3, 0.4) is 0 Å². The molecule has 0 aromatic carbocycles. The molecule has 1 rings (SSSR count). The molecule has 5 heteroatoms. The number of nitrogens with zero attached hydrogens (tertiary/aromatic N) is 1. The summed E-state index contributed by atoms with van der Waals surface area (Å²) in [6, 6.07) is 0. The van der Waals surface area contributed by atoms with Gasteiger partial charge >= 0.3 is 0 Å². The molecule has 0 spiro atoms. The van der Waals surface area contributed by atoms with Gasteiger partial charge in [-0.1, -0.05) is 0 Å². The van der Waals surface area contributed by atoms with Crippen LogP contribution in [0.15, 0.2) is 0 Å². The van der Waals surface area contributed by atoms with Crippen molar-refractivity contribution in [3.63, 3.8) is 0 Å². The Morgan fingerprint density at radius 1 is 1.50 bits per heavy atom. The van der Waals surface area contributed by atoms with Gasteiger partial charge in [0.15, 0.2) is 0 Å². The first-order valence-corrected chi connectivity index (χ1v) is 5.73. The fourth-order valence-electron chi connectivity index (χ4n) is 1.87. The Morgan fingerprint density at radius 2 is 2.12 bits per heavy atom. The van der Waals surface area contributed by atoms with Gasteiger partial charge in [0.05, 0.1) is 18.8 Å². The molecule has 0 aromatic rings. The molecule has 1 fully saturated rings. The van der Waals surface area contributed by atoms with Crippen LogP contribution in [0.25, 0.3) is 0 Å². The van der Waals surface area contributed by atoms with Crippen molar-refractivity contribution in [1.82, 2.24) is 10.2 Å². The molecule has 0 radical (unpaired) electrons. The molecule has 92 valence electrons. The minimum absolute atomic E-state index is 0.0184. The van der Waals surface area contributed by atoms with Crippen LogP contribution in [0.4, 0.5) is 0 Å². The smallest absolute Gasteiger partial charge is 0.241 e. The van der Waals surface area contributed by atoms with Crippen LogP contribution in [0.5, 0.6) is 0 Å². The van der Waals surface area contributed by atoms with Gasteiger partial charge in [0.25, 0.3) is 0 Å². The van der Waals surface area contributed by atoms with Crippen LogP contribution in [-0.2, 0) is 14.3 Å². The number of carbonyl (C=O) groups is 2. The van der Waals surface area contributed by atoms with Crippen LogP contribution in [0.2, 0.25) is 0 Å². The van der Waals surface area contributed by atoms with E-state index in [1.165, 1.54) is 0 Å². The molecule has 0 aliphatic carbocycles. The Bertz CT molecular complexity index is 235. The summed E-state index contributed by atoms with van der Waals surface area (Å²) in [7, 11) is 0. The van der Waals surface area contributed by atoms with E-state index < -0.39 is 0 Å². The SMILES string of the molecule is CC(C)OC1CCN(C(=O)CNC=O)CC1. The lowest BCUT2D eigenvalue weighted by Gasteiger charge is -2.32. The van der Waals surface area contributed by atoms with Gasteiger partial charge in [-0.05, 0) is 26.7 Å².